The molecule has 0 spiro atoms. The summed E-state index contributed by atoms with van der Waals surface area (Å²) in [6.45, 7) is 0.963. The summed E-state index contributed by atoms with van der Waals surface area (Å²) in [5.74, 6) is 0.214. The van der Waals surface area contributed by atoms with Crippen LogP contribution in [0.2, 0.25) is 0 Å². The first-order valence-corrected chi connectivity index (χ1v) is 6.49. The second kappa shape index (κ2) is 6.99. The Balaban J connectivity index is 1.65. The third-order valence-corrected chi connectivity index (χ3v) is 2.94. The van der Waals surface area contributed by atoms with Crippen molar-refractivity contribution in [1.29, 1.82) is 0 Å². The number of hydrogen-bond donors (Lipinski definition) is 1. The molecule has 0 saturated carbocycles. The van der Waals surface area contributed by atoms with Gasteiger partial charge in [0.15, 0.2) is 6.61 Å². The van der Waals surface area contributed by atoms with E-state index in [-0.39, 0.29) is 18.7 Å². The van der Waals surface area contributed by atoms with Crippen LogP contribution in [0.25, 0.3) is 0 Å². The zero-order valence-corrected chi connectivity index (χ0v) is 10.8. The fourth-order valence-electron chi connectivity index (χ4n) is 1.87. The molecule has 1 aliphatic heterocycles. The summed E-state index contributed by atoms with van der Waals surface area (Å²) in [6, 6.07) is 6.87. The Morgan fingerprint density at radius 3 is 2.79 bits per heavy atom. The van der Waals surface area contributed by atoms with Crippen molar-refractivity contribution >= 4 is 11.7 Å². The normalized spacial score (nSPS) is 18.8. The van der Waals surface area contributed by atoms with Gasteiger partial charge in [0.05, 0.1) is 6.10 Å². The molecular formula is C14H19NO4. The van der Waals surface area contributed by atoms with Crippen LogP contribution in [0.1, 0.15) is 19.3 Å². The average molecular weight is 265 g/mol. The van der Waals surface area contributed by atoms with Crippen molar-refractivity contribution in [2.75, 3.05) is 25.6 Å². The van der Waals surface area contributed by atoms with Gasteiger partial charge in [-0.15, -0.1) is 0 Å². The minimum Gasteiger partial charge on any atom is -0.482 e. The maximum atomic E-state index is 11.5. The summed E-state index contributed by atoms with van der Waals surface area (Å²) in [6.07, 6.45) is 3.20. The lowest BCUT2D eigenvalue weighted by atomic mass is 10.1. The van der Waals surface area contributed by atoms with E-state index in [0.29, 0.717) is 18.0 Å². The lowest BCUT2D eigenvalue weighted by Gasteiger charge is -2.22. The number of carbonyl (C=O) groups excluding carboxylic acids is 1. The van der Waals surface area contributed by atoms with Crippen molar-refractivity contribution in [3.05, 3.63) is 24.3 Å². The number of rotatable bonds is 5. The maximum absolute atomic E-state index is 11.5. The maximum Gasteiger partial charge on any atom is 0.344 e. The smallest absolute Gasteiger partial charge is 0.344 e. The van der Waals surface area contributed by atoms with Crippen LogP contribution in [0.4, 0.5) is 5.69 Å². The van der Waals surface area contributed by atoms with Crippen LogP contribution in [0.5, 0.6) is 5.75 Å². The summed E-state index contributed by atoms with van der Waals surface area (Å²) in [5.41, 5.74) is 6.21. The number of benzene rings is 1. The third kappa shape index (κ3) is 4.79. The number of carbonyl (C=O) groups is 1. The molecule has 5 heteroatoms. The van der Waals surface area contributed by atoms with Gasteiger partial charge < -0.3 is 19.9 Å². The van der Waals surface area contributed by atoms with Gasteiger partial charge in [0.2, 0.25) is 0 Å². The van der Waals surface area contributed by atoms with Crippen LogP contribution < -0.4 is 10.5 Å². The minimum absolute atomic E-state index is 0.0363. The third-order valence-electron chi connectivity index (χ3n) is 2.94. The average Bonchev–Trinajstić information content (AvgIpc) is 2.45. The van der Waals surface area contributed by atoms with Gasteiger partial charge in [-0.25, -0.2) is 4.79 Å². The molecule has 1 aliphatic rings. The van der Waals surface area contributed by atoms with E-state index < -0.39 is 0 Å². The predicted octanol–water partition coefficient (Wildman–Crippen LogP) is 1.76. The first-order valence-electron chi connectivity index (χ1n) is 6.49. The first-order chi connectivity index (χ1) is 9.24. The Morgan fingerprint density at radius 2 is 2.11 bits per heavy atom. The zero-order valence-electron chi connectivity index (χ0n) is 10.8. The Morgan fingerprint density at radius 1 is 1.32 bits per heavy atom. The van der Waals surface area contributed by atoms with Crippen LogP contribution in [0.3, 0.4) is 0 Å². The molecule has 5 nitrogen and oxygen atoms in total. The monoisotopic (exact) mass is 265 g/mol. The summed E-state index contributed by atoms with van der Waals surface area (Å²) >= 11 is 0. The number of nitrogens with two attached hydrogens (primary N) is 1. The van der Waals surface area contributed by atoms with E-state index in [1.165, 1.54) is 0 Å². The molecule has 2 N–H and O–H groups in total. The SMILES string of the molecule is Nc1ccc(OCC(=O)OCC2CCCCO2)cc1. The van der Waals surface area contributed by atoms with Crippen molar-refractivity contribution in [3.8, 4) is 5.75 Å². The second-order valence-electron chi connectivity index (χ2n) is 4.53. The summed E-state index contributed by atoms with van der Waals surface area (Å²) in [4.78, 5) is 11.5. The molecule has 1 heterocycles. The van der Waals surface area contributed by atoms with Crippen molar-refractivity contribution < 1.29 is 19.0 Å². The highest BCUT2D eigenvalue weighted by Crippen LogP contribution is 2.14. The Bertz CT molecular complexity index is 398. The van der Waals surface area contributed by atoms with Gasteiger partial charge in [-0.2, -0.15) is 0 Å². The highest BCUT2D eigenvalue weighted by molar-refractivity contribution is 5.71. The molecule has 0 radical (unpaired) electrons. The number of nitrogen functional groups attached to an aromatic ring is 1. The van der Waals surface area contributed by atoms with Crippen molar-refractivity contribution in [2.24, 2.45) is 0 Å². The lowest BCUT2D eigenvalue weighted by molar-refractivity contribution is -0.151. The zero-order chi connectivity index (χ0) is 13.5. The number of ether oxygens (including phenoxy) is 3. The number of esters is 1. The molecule has 1 unspecified atom stereocenters. The highest BCUT2D eigenvalue weighted by atomic mass is 16.6. The van der Waals surface area contributed by atoms with E-state index in [4.69, 9.17) is 19.9 Å². The van der Waals surface area contributed by atoms with Gasteiger partial charge in [-0.3, -0.25) is 0 Å². The second-order valence-corrected chi connectivity index (χ2v) is 4.53. The number of anilines is 1. The first kappa shape index (κ1) is 13.7. The number of hydrogen-bond acceptors (Lipinski definition) is 5. The molecule has 19 heavy (non-hydrogen) atoms. The van der Waals surface area contributed by atoms with Crippen LogP contribution in [-0.4, -0.2) is 31.9 Å². The fourth-order valence-corrected chi connectivity index (χ4v) is 1.87. The van der Waals surface area contributed by atoms with E-state index in [1.807, 2.05) is 0 Å². The van der Waals surface area contributed by atoms with Crippen LogP contribution in [0, 0.1) is 0 Å². The molecule has 0 aromatic heterocycles. The van der Waals surface area contributed by atoms with E-state index in [0.717, 1.165) is 25.9 Å². The molecule has 1 atom stereocenters. The summed E-state index contributed by atoms with van der Waals surface area (Å²) in [5, 5.41) is 0. The van der Waals surface area contributed by atoms with Crippen LogP contribution in [0.15, 0.2) is 24.3 Å². The Kier molecular flexibility index (Phi) is 5.03. The fraction of sp³-hybridized carbons (Fsp3) is 0.500. The van der Waals surface area contributed by atoms with Gasteiger partial charge in [0.25, 0.3) is 0 Å². The molecule has 1 saturated heterocycles. The van der Waals surface area contributed by atoms with Crippen LogP contribution >= 0.6 is 0 Å². The molecule has 0 aliphatic carbocycles. The van der Waals surface area contributed by atoms with Crippen molar-refractivity contribution in [2.45, 2.75) is 25.4 Å². The summed E-state index contributed by atoms with van der Waals surface area (Å²) < 4.78 is 15.9. The van der Waals surface area contributed by atoms with Gasteiger partial charge in [0.1, 0.15) is 12.4 Å². The quantitative estimate of drug-likeness (QED) is 0.649. The van der Waals surface area contributed by atoms with Gasteiger partial charge >= 0.3 is 5.97 Å². The van der Waals surface area contributed by atoms with Gasteiger partial charge in [0, 0.05) is 12.3 Å². The summed E-state index contributed by atoms with van der Waals surface area (Å²) in [7, 11) is 0. The molecule has 1 aromatic carbocycles. The molecule has 0 amide bonds. The van der Waals surface area contributed by atoms with Crippen molar-refractivity contribution in [1.82, 2.24) is 0 Å². The van der Waals surface area contributed by atoms with E-state index in [2.05, 4.69) is 0 Å². The lowest BCUT2D eigenvalue weighted by Crippen LogP contribution is -2.27. The molecule has 1 aromatic rings. The minimum atomic E-state index is -0.383. The topological polar surface area (TPSA) is 70.8 Å². The van der Waals surface area contributed by atoms with Gasteiger partial charge in [-0.05, 0) is 43.5 Å². The molecule has 2 rings (SSSR count). The van der Waals surface area contributed by atoms with E-state index in [9.17, 15) is 4.79 Å². The molecule has 104 valence electrons. The molecular weight excluding hydrogens is 246 g/mol. The largest absolute Gasteiger partial charge is 0.482 e. The predicted molar refractivity (Wildman–Crippen MR) is 70.9 cm³/mol. The van der Waals surface area contributed by atoms with E-state index in [1.54, 1.807) is 24.3 Å². The molecule has 1 fully saturated rings. The van der Waals surface area contributed by atoms with Crippen LogP contribution in [-0.2, 0) is 14.3 Å². The standard InChI is InChI=1S/C14H19NO4/c15-11-4-6-12(7-5-11)18-10-14(16)19-9-13-3-1-2-8-17-13/h4-7,13H,1-3,8-10,15H2. The molecule has 0 bridgehead atoms. The van der Waals surface area contributed by atoms with Gasteiger partial charge in [-0.1, -0.05) is 0 Å². The van der Waals surface area contributed by atoms with E-state index >= 15 is 0 Å². The Hall–Kier alpha value is -1.75. The Labute approximate surface area is 112 Å². The highest BCUT2D eigenvalue weighted by Gasteiger charge is 2.16. The van der Waals surface area contributed by atoms with Crippen molar-refractivity contribution in [3.63, 3.8) is 0 Å².